The van der Waals surface area contributed by atoms with Gasteiger partial charge in [-0.25, -0.2) is 9.79 Å². The summed E-state index contributed by atoms with van der Waals surface area (Å²) in [4.78, 5) is 33.6. The summed E-state index contributed by atoms with van der Waals surface area (Å²) in [7, 11) is 0. The van der Waals surface area contributed by atoms with E-state index in [0.29, 0.717) is 16.1 Å². The Hall–Kier alpha value is -2.56. The Morgan fingerprint density at radius 2 is 2.07 bits per heavy atom. The summed E-state index contributed by atoms with van der Waals surface area (Å²) < 4.78 is 6.09. The van der Waals surface area contributed by atoms with E-state index >= 15 is 0 Å². The Morgan fingerprint density at radius 1 is 1.36 bits per heavy atom. The first-order chi connectivity index (χ1) is 13.4. The van der Waals surface area contributed by atoms with Gasteiger partial charge in [0.05, 0.1) is 6.61 Å². The monoisotopic (exact) mass is 479 g/mol. The number of nitrogens with one attached hydrogen (secondary N) is 2. The fraction of sp³-hybridized carbons (Fsp3) is 0.111. The minimum atomic E-state index is -0.590. The Balaban J connectivity index is 2.09. The lowest BCUT2D eigenvalue weighted by atomic mass is 10.0. The molecule has 0 atom stereocenters. The molecule has 10 heteroatoms. The average molecular weight is 480 g/mol. The van der Waals surface area contributed by atoms with Crippen LogP contribution in [0.3, 0.4) is 0 Å². The molecule has 0 spiro atoms. The molecule has 0 aliphatic heterocycles. The van der Waals surface area contributed by atoms with Crippen LogP contribution in [0.2, 0.25) is 0 Å². The largest absolute Gasteiger partial charge is 0.494 e. The van der Waals surface area contributed by atoms with Crippen molar-refractivity contribution in [2.45, 2.75) is 6.92 Å². The van der Waals surface area contributed by atoms with Crippen LogP contribution < -0.4 is 5.56 Å². The molecule has 0 fully saturated rings. The van der Waals surface area contributed by atoms with E-state index in [0.717, 1.165) is 10.0 Å². The second-order valence-electron chi connectivity index (χ2n) is 5.49. The second kappa shape index (κ2) is 8.63. The summed E-state index contributed by atoms with van der Waals surface area (Å²) in [6.07, 6.45) is 1.18. The molecule has 2 heterocycles. The number of carbonyl (C=O) groups excluding carboxylic acids is 1. The highest BCUT2D eigenvalue weighted by Gasteiger charge is 2.21. The van der Waals surface area contributed by atoms with Crippen molar-refractivity contribution in [3.63, 3.8) is 0 Å². The summed E-state index contributed by atoms with van der Waals surface area (Å²) in [5.74, 6) is -0.917. The van der Waals surface area contributed by atoms with Gasteiger partial charge in [0, 0.05) is 21.6 Å². The SMILES string of the molecule is CCOC(=O)c1c(-c2ccc(Br)cc2)csc1/N=C/c1c(O)[nH]c(=S)[nH]c1=O. The second-order valence-corrected chi connectivity index (χ2v) is 7.67. The predicted molar refractivity (Wildman–Crippen MR) is 115 cm³/mol. The van der Waals surface area contributed by atoms with Crippen LogP contribution in [0, 0.1) is 4.77 Å². The number of aliphatic imine (C=N–C) groups is 1. The third-order valence-corrected chi connectivity index (χ3v) is 5.30. The van der Waals surface area contributed by atoms with Gasteiger partial charge in [0.15, 0.2) is 4.77 Å². The number of thiophene rings is 1. The van der Waals surface area contributed by atoms with Gasteiger partial charge in [0.2, 0.25) is 5.88 Å². The fourth-order valence-corrected chi connectivity index (χ4v) is 3.77. The van der Waals surface area contributed by atoms with Gasteiger partial charge in [-0.05, 0) is 36.8 Å². The van der Waals surface area contributed by atoms with Crippen LogP contribution in [0.1, 0.15) is 22.8 Å². The number of H-pyrrole nitrogens is 2. The van der Waals surface area contributed by atoms with Crippen LogP contribution in [0.5, 0.6) is 5.88 Å². The molecule has 3 aromatic rings. The van der Waals surface area contributed by atoms with Crippen LogP contribution >= 0.6 is 39.5 Å². The maximum atomic E-state index is 12.5. The number of hydrogen-bond acceptors (Lipinski definition) is 7. The third kappa shape index (κ3) is 4.29. The highest BCUT2D eigenvalue weighted by atomic mass is 79.9. The first-order valence-corrected chi connectivity index (χ1v) is 10.1. The maximum Gasteiger partial charge on any atom is 0.341 e. The van der Waals surface area contributed by atoms with E-state index in [1.165, 1.54) is 17.6 Å². The number of benzene rings is 1. The van der Waals surface area contributed by atoms with E-state index in [1.54, 1.807) is 12.3 Å². The van der Waals surface area contributed by atoms with E-state index in [1.807, 2.05) is 24.3 Å². The van der Waals surface area contributed by atoms with Gasteiger partial charge in [-0.15, -0.1) is 11.3 Å². The highest BCUT2D eigenvalue weighted by Crippen LogP contribution is 2.38. The summed E-state index contributed by atoms with van der Waals surface area (Å²) in [6.45, 7) is 1.93. The van der Waals surface area contributed by atoms with Crippen LogP contribution in [0.25, 0.3) is 11.1 Å². The van der Waals surface area contributed by atoms with Crippen molar-refractivity contribution in [2.24, 2.45) is 4.99 Å². The Labute approximate surface area is 176 Å². The molecule has 2 aromatic heterocycles. The molecule has 0 aliphatic carbocycles. The number of hydrogen-bond donors (Lipinski definition) is 3. The smallest absolute Gasteiger partial charge is 0.341 e. The molecule has 144 valence electrons. The van der Waals surface area contributed by atoms with Crippen LogP contribution in [0.4, 0.5) is 5.00 Å². The maximum absolute atomic E-state index is 12.5. The number of ether oxygens (including phenoxy) is 1. The summed E-state index contributed by atoms with van der Waals surface area (Å²) in [5, 5.41) is 12.1. The first kappa shape index (κ1) is 20.2. The van der Waals surface area contributed by atoms with Crippen LogP contribution in [0.15, 0.2) is 43.9 Å². The summed E-state index contributed by atoms with van der Waals surface area (Å²) >= 11 is 9.41. The molecule has 1 aromatic carbocycles. The van der Waals surface area contributed by atoms with Crippen molar-refractivity contribution in [1.29, 1.82) is 0 Å². The molecule has 0 unspecified atom stereocenters. The molecule has 28 heavy (non-hydrogen) atoms. The number of halogens is 1. The lowest BCUT2D eigenvalue weighted by molar-refractivity contribution is 0.0529. The van der Waals surface area contributed by atoms with E-state index in [2.05, 4.69) is 30.9 Å². The zero-order valence-corrected chi connectivity index (χ0v) is 17.7. The standard InChI is InChI=1S/C18H14BrN3O4S2/c1-2-26-17(25)13-12(9-3-5-10(19)6-4-9)8-28-16(13)20-7-11-14(23)21-18(27)22-15(11)24/h3-8H,2H2,1H3,(H3,21,22,23,24,27)/b20-7+. The van der Waals surface area contributed by atoms with Crippen LogP contribution in [-0.2, 0) is 4.74 Å². The molecule has 0 bridgehead atoms. The normalized spacial score (nSPS) is 11.1. The van der Waals surface area contributed by atoms with Crippen molar-refractivity contribution < 1.29 is 14.6 Å². The minimum absolute atomic E-state index is 0.000473. The number of nitrogens with zero attached hydrogens (tertiary/aromatic N) is 1. The number of esters is 1. The predicted octanol–water partition coefficient (Wildman–Crippen LogP) is 4.56. The van der Waals surface area contributed by atoms with Gasteiger partial charge in [0.25, 0.3) is 5.56 Å². The topological polar surface area (TPSA) is 108 Å². The quantitative estimate of drug-likeness (QED) is 0.282. The minimum Gasteiger partial charge on any atom is -0.494 e. The Bertz CT molecular complexity index is 1160. The Kier molecular flexibility index (Phi) is 6.22. The fourth-order valence-electron chi connectivity index (χ4n) is 2.41. The molecule has 0 amide bonds. The number of aromatic nitrogens is 2. The van der Waals surface area contributed by atoms with Gasteiger partial charge in [0.1, 0.15) is 16.1 Å². The Morgan fingerprint density at radius 3 is 2.71 bits per heavy atom. The average Bonchev–Trinajstić information content (AvgIpc) is 3.05. The number of carbonyl (C=O) groups is 1. The van der Waals surface area contributed by atoms with Crippen molar-refractivity contribution in [2.75, 3.05) is 6.61 Å². The number of aromatic amines is 2. The van der Waals surface area contributed by atoms with Gasteiger partial charge in [-0.2, -0.15) is 0 Å². The van der Waals surface area contributed by atoms with Gasteiger partial charge in [-0.1, -0.05) is 28.1 Å². The lowest BCUT2D eigenvalue weighted by Gasteiger charge is -2.06. The molecule has 3 rings (SSSR count). The molecule has 0 saturated heterocycles. The van der Waals surface area contributed by atoms with Crippen molar-refractivity contribution >= 4 is 56.7 Å². The van der Waals surface area contributed by atoms with Gasteiger partial charge >= 0.3 is 5.97 Å². The highest BCUT2D eigenvalue weighted by molar-refractivity contribution is 9.10. The zero-order valence-electron chi connectivity index (χ0n) is 14.5. The molecular formula is C18H14BrN3O4S2. The molecular weight excluding hydrogens is 466 g/mol. The van der Waals surface area contributed by atoms with Crippen LogP contribution in [-0.4, -0.2) is 33.9 Å². The summed E-state index contributed by atoms with van der Waals surface area (Å²) in [6, 6.07) is 7.48. The molecule has 0 aliphatic rings. The zero-order chi connectivity index (χ0) is 20.3. The van der Waals surface area contributed by atoms with Crippen molar-refractivity contribution in [1.82, 2.24) is 9.97 Å². The van der Waals surface area contributed by atoms with Gasteiger partial charge in [-0.3, -0.25) is 9.78 Å². The van der Waals surface area contributed by atoms with E-state index in [4.69, 9.17) is 17.0 Å². The van der Waals surface area contributed by atoms with E-state index < -0.39 is 17.4 Å². The lowest BCUT2D eigenvalue weighted by Crippen LogP contribution is -2.13. The molecule has 0 saturated carbocycles. The molecule has 3 N–H and O–H groups in total. The molecule has 0 radical (unpaired) electrons. The third-order valence-electron chi connectivity index (χ3n) is 3.68. The van der Waals surface area contributed by atoms with Gasteiger partial charge < -0.3 is 14.8 Å². The summed E-state index contributed by atoms with van der Waals surface area (Å²) in [5.41, 5.74) is 1.11. The van der Waals surface area contributed by atoms with E-state index in [9.17, 15) is 14.7 Å². The van der Waals surface area contributed by atoms with Crippen molar-refractivity contribution in [3.05, 3.63) is 60.4 Å². The van der Waals surface area contributed by atoms with Crippen molar-refractivity contribution in [3.8, 4) is 17.0 Å². The number of rotatable bonds is 5. The van der Waals surface area contributed by atoms with E-state index in [-0.39, 0.29) is 16.9 Å². The first-order valence-electron chi connectivity index (χ1n) is 8.05. The number of aromatic hydroxyl groups is 1. The molecule has 7 nitrogen and oxygen atoms in total.